The number of carbonyl (C=O) groups excluding carboxylic acids is 1. The smallest absolute Gasteiger partial charge is 0.294 e. The number of carbonyl (C=O) groups is 1. The maximum atomic E-state index is 13.1. The number of Topliss-reactive ketones (excluding diaryl/α,β-unsaturated/α-hetero) is 1. The molecule has 0 atom stereocenters. The van der Waals surface area contributed by atoms with Gasteiger partial charge in [0.1, 0.15) is 0 Å². The SMILES string of the molecule is CCC1CCC(C(=O)c2ccc(Br)cc2C(F)(F)F)CC1. The van der Waals surface area contributed by atoms with E-state index in [0.717, 1.165) is 25.3 Å². The van der Waals surface area contributed by atoms with Gasteiger partial charge in [0.05, 0.1) is 5.56 Å². The average molecular weight is 363 g/mol. The molecule has 2 rings (SSSR count). The van der Waals surface area contributed by atoms with Crippen LogP contribution < -0.4 is 0 Å². The Labute approximate surface area is 131 Å². The summed E-state index contributed by atoms with van der Waals surface area (Å²) in [5.74, 6) is -0.0134. The summed E-state index contributed by atoms with van der Waals surface area (Å²) in [6.45, 7) is 2.11. The summed E-state index contributed by atoms with van der Waals surface area (Å²) in [5, 5.41) is 0. The molecule has 1 fully saturated rings. The third-order valence-electron chi connectivity index (χ3n) is 4.35. The van der Waals surface area contributed by atoms with Crippen molar-refractivity contribution in [2.24, 2.45) is 11.8 Å². The van der Waals surface area contributed by atoms with Crippen LogP contribution in [0.1, 0.15) is 54.9 Å². The highest BCUT2D eigenvalue weighted by Crippen LogP contribution is 2.38. The van der Waals surface area contributed by atoms with E-state index in [1.807, 2.05) is 0 Å². The van der Waals surface area contributed by atoms with Gasteiger partial charge in [0.25, 0.3) is 0 Å². The van der Waals surface area contributed by atoms with Gasteiger partial charge in [-0.15, -0.1) is 0 Å². The Hall–Kier alpha value is -0.840. The van der Waals surface area contributed by atoms with Crippen LogP contribution >= 0.6 is 15.9 Å². The van der Waals surface area contributed by atoms with Gasteiger partial charge in [0, 0.05) is 16.0 Å². The fourth-order valence-electron chi connectivity index (χ4n) is 3.02. The van der Waals surface area contributed by atoms with Gasteiger partial charge in [-0.2, -0.15) is 13.2 Å². The summed E-state index contributed by atoms with van der Waals surface area (Å²) < 4.78 is 39.6. The molecule has 0 radical (unpaired) electrons. The molecule has 1 saturated carbocycles. The van der Waals surface area contributed by atoms with Crippen molar-refractivity contribution in [1.82, 2.24) is 0 Å². The minimum atomic E-state index is -4.50. The molecule has 1 aromatic rings. The van der Waals surface area contributed by atoms with Crippen molar-refractivity contribution in [2.45, 2.75) is 45.2 Å². The highest BCUT2D eigenvalue weighted by molar-refractivity contribution is 9.10. The Morgan fingerprint density at radius 3 is 2.38 bits per heavy atom. The number of alkyl halides is 3. The number of benzene rings is 1. The molecular formula is C16H18BrF3O. The van der Waals surface area contributed by atoms with Crippen molar-refractivity contribution < 1.29 is 18.0 Å². The molecule has 0 bridgehead atoms. The molecule has 1 aliphatic rings. The molecule has 1 nitrogen and oxygen atoms in total. The average Bonchev–Trinajstić information content (AvgIpc) is 2.45. The Balaban J connectivity index is 2.24. The lowest BCUT2D eigenvalue weighted by Crippen LogP contribution is -2.24. The highest BCUT2D eigenvalue weighted by atomic mass is 79.9. The zero-order valence-electron chi connectivity index (χ0n) is 11.8. The van der Waals surface area contributed by atoms with E-state index in [0.29, 0.717) is 23.2 Å². The van der Waals surface area contributed by atoms with Crippen LogP contribution in [-0.2, 0) is 6.18 Å². The van der Waals surface area contributed by atoms with Crippen molar-refractivity contribution in [2.75, 3.05) is 0 Å². The number of ketones is 1. The zero-order chi connectivity index (χ0) is 15.6. The van der Waals surface area contributed by atoms with E-state index in [4.69, 9.17) is 0 Å². The first-order chi connectivity index (χ1) is 9.82. The Morgan fingerprint density at radius 1 is 1.24 bits per heavy atom. The second-order valence-electron chi connectivity index (χ2n) is 5.68. The molecular weight excluding hydrogens is 345 g/mol. The maximum absolute atomic E-state index is 13.1. The summed E-state index contributed by atoms with van der Waals surface area (Å²) in [6, 6.07) is 3.78. The van der Waals surface area contributed by atoms with E-state index in [9.17, 15) is 18.0 Å². The van der Waals surface area contributed by atoms with Crippen LogP contribution in [0, 0.1) is 11.8 Å². The molecule has 1 aromatic carbocycles. The molecule has 0 saturated heterocycles. The van der Waals surface area contributed by atoms with Gasteiger partial charge in [-0.1, -0.05) is 29.3 Å². The Bertz CT molecular complexity index is 517. The van der Waals surface area contributed by atoms with E-state index in [1.54, 1.807) is 0 Å². The van der Waals surface area contributed by atoms with Gasteiger partial charge in [0.2, 0.25) is 0 Å². The summed E-state index contributed by atoms with van der Waals surface area (Å²) in [5.41, 5.74) is -1.02. The van der Waals surface area contributed by atoms with Crippen LogP contribution in [0.15, 0.2) is 22.7 Å². The minimum absolute atomic E-state index is 0.189. The molecule has 116 valence electrons. The molecule has 0 heterocycles. The van der Waals surface area contributed by atoms with Crippen molar-refractivity contribution in [1.29, 1.82) is 0 Å². The zero-order valence-corrected chi connectivity index (χ0v) is 13.4. The topological polar surface area (TPSA) is 17.1 Å². The van der Waals surface area contributed by atoms with Gasteiger partial charge in [-0.25, -0.2) is 0 Å². The molecule has 1 aliphatic carbocycles. The molecule has 0 aromatic heterocycles. The van der Waals surface area contributed by atoms with Crippen LogP contribution in [0.3, 0.4) is 0 Å². The number of hydrogen-bond donors (Lipinski definition) is 0. The number of hydrogen-bond acceptors (Lipinski definition) is 1. The van der Waals surface area contributed by atoms with Gasteiger partial charge in [0.15, 0.2) is 5.78 Å². The first-order valence-corrected chi connectivity index (χ1v) is 8.03. The molecule has 0 N–H and O–H groups in total. The fraction of sp³-hybridized carbons (Fsp3) is 0.562. The van der Waals surface area contributed by atoms with E-state index >= 15 is 0 Å². The quantitative estimate of drug-likeness (QED) is 0.614. The summed E-state index contributed by atoms with van der Waals surface area (Å²) >= 11 is 3.04. The van der Waals surface area contributed by atoms with E-state index in [1.165, 1.54) is 12.1 Å². The second-order valence-corrected chi connectivity index (χ2v) is 6.59. The van der Waals surface area contributed by atoms with Crippen LogP contribution in [0.4, 0.5) is 13.2 Å². The van der Waals surface area contributed by atoms with Gasteiger partial charge in [-0.05, 0) is 49.8 Å². The van der Waals surface area contributed by atoms with Crippen LogP contribution in [0.5, 0.6) is 0 Å². The van der Waals surface area contributed by atoms with Crippen LogP contribution in [-0.4, -0.2) is 5.78 Å². The largest absolute Gasteiger partial charge is 0.417 e. The second kappa shape index (κ2) is 6.51. The van der Waals surface area contributed by atoms with Gasteiger partial charge < -0.3 is 0 Å². The monoisotopic (exact) mass is 362 g/mol. The first-order valence-electron chi connectivity index (χ1n) is 7.24. The van der Waals surface area contributed by atoms with Crippen molar-refractivity contribution in [3.05, 3.63) is 33.8 Å². The van der Waals surface area contributed by atoms with E-state index in [2.05, 4.69) is 22.9 Å². The van der Waals surface area contributed by atoms with Crippen molar-refractivity contribution in [3.8, 4) is 0 Å². The summed E-state index contributed by atoms with van der Waals surface area (Å²) in [7, 11) is 0. The Morgan fingerprint density at radius 2 is 1.86 bits per heavy atom. The number of halogens is 4. The van der Waals surface area contributed by atoms with Gasteiger partial charge in [-0.3, -0.25) is 4.79 Å². The Kier molecular flexibility index (Phi) is 5.12. The molecule has 0 unspecified atom stereocenters. The number of rotatable bonds is 3. The third kappa shape index (κ3) is 3.87. The van der Waals surface area contributed by atoms with Crippen LogP contribution in [0.2, 0.25) is 0 Å². The molecule has 21 heavy (non-hydrogen) atoms. The van der Waals surface area contributed by atoms with E-state index in [-0.39, 0.29) is 17.3 Å². The molecule has 5 heteroatoms. The lowest BCUT2D eigenvalue weighted by molar-refractivity contribution is -0.138. The molecule has 0 amide bonds. The minimum Gasteiger partial charge on any atom is -0.294 e. The molecule has 0 aliphatic heterocycles. The lowest BCUT2D eigenvalue weighted by Gasteiger charge is -2.27. The molecule has 0 spiro atoms. The predicted octanol–water partition coefficient (Wildman–Crippen LogP) is 5.87. The fourth-order valence-corrected chi connectivity index (χ4v) is 3.38. The van der Waals surface area contributed by atoms with Gasteiger partial charge >= 0.3 is 6.18 Å². The lowest BCUT2D eigenvalue weighted by atomic mass is 9.77. The van der Waals surface area contributed by atoms with Crippen molar-refractivity contribution >= 4 is 21.7 Å². The predicted molar refractivity (Wildman–Crippen MR) is 79.2 cm³/mol. The van der Waals surface area contributed by atoms with Crippen molar-refractivity contribution in [3.63, 3.8) is 0 Å². The highest BCUT2D eigenvalue weighted by Gasteiger charge is 2.37. The normalized spacial score (nSPS) is 23.1. The third-order valence-corrected chi connectivity index (χ3v) is 4.84. The van der Waals surface area contributed by atoms with Crippen LogP contribution in [0.25, 0.3) is 0 Å². The first kappa shape index (κ1) is 16.5. The van der Waals surface area contributed by atoms with E-state index < -0.39 is 11.7 Å². The standard InChI is InChI=1S/C16H18BrF3O/c1-2-10-3-5-11(6-4-10)15(21)13-8-7-12(17)9-14(13)16(18,19)20/h7-11H,2-6H2,1H3. The maximum Gasteiger partial charge on any atom is 0.417 e. The summed E-state index contributed by atoms with van der Waals surface area (Å²) in [4.78, 5) is 12.5. The summed E-state index contributed by atoms with van der Waals surface area (Å²) in [6.07, 6.45) is -0.159.